The molecule has 0 aliphatic carbocycles. The second-order valence-corrected chi connectivity index (χ2v) is 5.41. The molecule has 2 rings (SSSR count). The van der Waals surface area contributed by atoms with Crippen LogP contribution < -0.4 is 10.6 Å². The van der Waals surface area contributed by atoms with E-state index in [1.54, 1.807) is 0 Å². The molecule has 17 heavy (non-hydrogen) atoms. The van der Waals surface area contributed by atoms with Gasteiger partial charge in [-0.2, -0.15) is 0 Å². The van der Waals surface area contributed by atoms with Crippen molar-refractivity contribution in [2.75, 3.05) is 26.3 Å². The first-order chi connectivity index (χ1) is 8.40. The quantitative estimate of drug-likeness (QED) is 0.759. The molecule has 0 radical (unpaired) electrons. The minimum atomic E-state index is 0.533. The molecule has 0 amide bonds. The van der Waals surface area contributed by atoms with Gasteiger partial charge >= 0.3 is 0 Å². The molecule has 3 nitrogen and oxygen atoms in total. The fourth-order valence-corrected chi connectivity index (χ4v) is 3.07. The summed E-state index contributed by atoms with van der Waals surface area (Å²) in [4.78, 5) is 1.49. The monoisotopic (exact) mass is 254 g/mol. The second-order valence-electron chi connectivity index (χ2n) is 4.41. The summed E-state index contributed by atoms with van der Waals surface area (Å²) in [5.41, 5.74) is 1.49. The van der Waals surface area contributed by atoms with Crippen molar-refractivity contribution in [3.63, 3.8) is 0 Å². The highest BCUT2D eigenvalue weighted by atomic mass is 32.1. The van der Waals surface area contributed by atoms with Gasteiger partial charge in [-0.05, 0) is 36.4 Å². The molecular weight excluding hydrogens is 232 g/mol. The Balaban J connectivity index is 1.62. The zero-order valence-electron chi connectivity index (χ0n) is 10.5. The number of thiophene rings is 1. The summed E-state index contributed by atoms with van der Waals surface area (Å²) in [7, 11) is 0. The lowest BCUT2D eigenvalue weighted by molar-refractivity contribution is 0.0742. The maximum absolute atomic E-state index is 5.43. The van der Waals surface area contributed by atoms with Gasteiger partial charge in [-0.25, -0.2) is 0 Å². The van der Waals surface area contributed by atoms with Gasteiger partial charge in [0.2, 0.25) is 0 Å². The van der Waals surface area contributed by atoms with Crippen LogP contribution in [0.15, 0.2) is 11.4 Å². The summed E-state index contributed by atoms with van der Waals surface area (Å²) in [6, 6.07) is 2.77. The minimum Gasteiger partial charge on any atom is -0.379 e. The first-order valence-electron chi connectivity index (χ1n) is 6.47. The Bertz CT molecular complexity index is 321. The van der Waals surface area contributed by atoms with E-state index in [-0.39, 0.29) is 0 Å². The van der Waals surface area contributed by atoms with Crippen LogP contribution in [0.2, 0.25) is 0 Å². The molecule has 0 spiro atoms. The number of hydrogen-bond acceptors (Lipinski definition) is 4. The Morgan fingerprint density at radius 3 is 3.29 bits per heavy atom. The molecular formula is C13H22N2OS. The van der Waals surface area contributed by atoms with Crippen LogP contribution in [0.1, 0.15) is 23.8 Å². The number of morpholine rings is 1. The molecule has 1 aromatic heterocycles. The van der Waals surface area contributed by atoms with Gasteiger partial charge in [0.05, 0.1) is 13.2 Å². The highest BCUT2D eigenvalue weighted by Crippen LogP contribution is 2.16. The van der Waals surface area contributed by atoms with Crippen LogP contribution in [-0.4, -0.2) is 32.3 Å². The fourth-order valence-electron chi connectivity index (χ4n) is 2.12. The first-order valence-corrected chi connectivity index (χ1v) is 7.35. The average Bonchev–Trinajstić information content (AvgIpc) is 2.83. The van der Waals surface area contributed by atoms with Crippen LogP contribution in [0.4, 0.5) is 0 Å². The van der Waals surface area contributed by atoms with E-state index in [1.807, 2.05) is 11.3 Å². The van der Waals surface area contributed by atoms with Gasteiger partial charge in [0.15, 0.2) is 0 Å². The Morgan fingerprint density at radius 2 is 2.53 bits per heavy atom. The predicted molar refractivity (Wildman–Crippen MR) is 72.6 cm³/mol. The van der Waals surface area contributed by atoms with E-state index >= 15 is 0 Å². The molecule has 1 aromatic rings. The lowest BCUT2D eigenvalue weighted by Crippen LogP contribution is -2.42. The van der Waals surface area contributed by atoms with Crippen molar-refractivity contribution in [2.45, 2.75) is 32.4 Å². The summed E-state index contributed by atoms with van der Waals surface area (Å²) >= 11 is 1.86. The maximum Gasteiger partial charge on any atom is 0.0620 e. The van der Waals surface area contributed by atoms with Gasteiger partial charge in [-0.3, -0.25) is 0 Å². The molecule has 2 N–H and O–H groups in total. The normalized spacial score (nSPS) is 20.6. The van der Waals surface area contributed by atoms with Gasteiger partial charge < -0.3 is 15.4 Å². The Labute approximate surface area is 108 Å². The van der Waals surface area contributed by atoms with Crippen molar-refractivity contribution >= 4 is 11.3 Å². The third-order valence-electron chi connectivity index (χ3n) is 3.17. The summed E-state index contributed by atoms with van der Waals surface area (Å²) in [6.07, 6.45) is 2.28. The van der Waals surface area contributed by atoms with E-state index in [2.05, 4.69) is 29.0 Å². The molecule has 1 unspecified atom stereocenters. The van der Waals surface area contributed by atoms with Crippen LogP contribution in [0.25, 0.3) is 0 Å². The summed E-state index contributed by atoms with van der Waals surface area (Å²) in [6.45, 7) is 7.00. The van der Waals surface area contributed by atoms with Crippen molar-refractivity contribution in [1.29, 1.82) is 0 Å². The average molecular weight is 254 g/mol. The SMILES string of the molecule is CCc1ccsc1CNCCC1COCCN1. The number of hydrogen-bond donors (Lipinski definition) is 2. The van der Waals surface area contributed by atoms with E-state index in [1.165, 1.54) is 10.4 Å². The molecule has 2 heterocycles. The van der Waals surface area contributed by atoms with Crippen LogP contribution in [0.3, 0.4) is 0 Å². The van der Waals surface area contributed by atoms with Gasteiger partial charge in [-0.1, -0.05) is 6.92 Å². The molecule has 1 aliphatic heterocycles. The molecule has 1 aliphatic rings. The van der Waals surface area contributed by atoms with E-state index in [0.29, 0.717) is 6.04 Å². The van der Waals surface area contributed by atoms with E-state index in [0.717, 1.165) is 45.7 Å². The maximum atomic E-state index is 5.43. The Morgan fingerprint density at radius 1 is 1.59 bits per heavy atom. The molecule has 1 fully saturated rings. The van der Waals surface area contributed by atoms with Gasteiger partial charge in [-0.15, -0.1) is 11.3 Å². The van der Waals surface area contributed by atoms with E-state index in [9.17, 15) is 0 Å². The standard InChI is InChI=1S/C13H22N2OS/c1-2-11-4-8-17-13(11)9-14-5-3-12-10-16-7-6-15-12/h4,8,12,14-15H,2-3,5-7,9-10H2,1H3. The topological polar surface area (TPSA) is 33.3 Å². The Kier molecular flexibility index (Phi) is 5.45. The molecule has 0 saturated carbocycles. The fraction of sp³-hybridized carbons (Fsp3) is 0.692. The highest BCUT2D eigenvalue weighted by molar-refractivity contribution is 7.10. The van der Waals surface area contributed by atoms with Gasteiger partial charge in [0.1, 0.15) is 0 Å². The molecule has 0 aromatic carbocycles. The summed E-state index contributed by atoms with van der Waals surface area (Å²) in [5, 5.41) is 9.18. The van der Waals surface area contributed by atoms with Crippen LogP contribution in [-0.2, 0) is 17.7 Å². The van der Waals surface area contributed by atoms with Crippen LogP contribution in [0, 0.1) is 0 Å². The molecule has 1 atom stereocenters. The van der Waals surface area contributed by atoms with Crippen molar-refractivity contribution in [2.24, 2.45) is 0 Å². The first kappa shape index (κ1) is 13.0. The lowest BCUT2D eigenvalue weighted by Gasteiger charge is -2.23. The van der Waals surface area contributed by atoms with Crippen molar-refractivity contribution < 1.29 is 4.74 Å². The number of aryl methyl sites for hydroxylation is 1. The molecule has 4 heteroatoms. The number of nitrogens with one attached hydrogen (secondary N) is 2. The van der Waals surface area contributed by atoms with Crippen molar-refractivity contribution in [1.82, 2.24) is 10.6 Å². The highest BCUT2D eigenvalue weighted by Gasteiger charge is 2.11. The van der Waals surface area contributed by atoms with Crippen LogP contribution in [0.5, 0.6) is 0 Å². The molecule has 1 saturated heterocycles. The van der Waals surface area contributed by atoms with E-state index in [4.69, 9.17) is 4.74 Å². The number of ether oxygens (including phenoxy) is 1. The number of rotatable bonds is 6. The minimum absolute atomic E-state index is 0.533. The second kappa shape index (κ2) is 7.11. The lowest BCUT2D eigenvalue weighted by atomic mass is 10.2. The zero-order valence-corrected chi connectivity index (χ0v) is 11.3. The predicted octanol–water partition coefficient (Wildman–Crippen LogP) is 1.78. The summed E-state index contributed by atoms with van der Waals surface area (Å²) < 4.78 is 5.43. The smallest absolute Gasteiger partial charge is 0.0620 e. The summed E-state index contributed by atoms with van der Waals surface area (Å²) in [5.74, 6) is 0. The zero-order chi connectivity index (χ0) is 11.9. The van der Waals surface area contributed by atoms with Crippen molar-refractivity contribution in [3.05, 3.63) is 21.9 Å². The van der Waals surface area contributed by atoms with Crippen molar-refractivity contribution in [3.8, 4) is 0 Å². The largest absolute Gasteiger partial charge is 0.379 e. The van der Waals surface area contributed by atoms with Crippen LogP contribution >= 0.6 is 11.3 Å². The van der Waals surface area contributed by atoms with E-state index < -0.39 is 0 Å². The molecule has 96 valence electrons. The molecule has 0 bridgehead atoms. The van der Waals surface area contributed by atoms with Gasteiger partial charge in [0.25, 0.3) is 0 Å². The van der Waals surface area contributed by atoms with Gasteiger partial charge in [0, 0.05) is 24.0 Å². The third kappa shape index (κ3) is 4.07. The Hall–Kier alpha value is -0.420. The third-order valence-corrected chi connectivity index (χ3v) is 4.14.